The van der Waals surface area contributed by atoms with E-state index in [4.69, 9.17) is 13.7 Å². The predicted molar refractivity (Wildman–Crippen MR) is 135 cm³/mol. The van der Waals surface area contributed by atoms with Crippen LogP contribution in [0.3, 0.4) is 0 Å². The molecule has 0 aliphatic carbocycles. The molecule has 2 heterocycles. The van der Waals surface area contributed by atoms with Crippen molar-refractivity contribution in [1.29, 1.82) is 0 Å². The first kappa shape index (κ1) is 18.7. The molecular weight excluding hydrogens is 404 g/mol. The average Bonchev–Trinajstić information content (AvgIpc) is 3.22. The van der Waals surface area contributed by atoms with Crippen LogP contribution >= 0.6 is 0 Å². The number of aryl methyl sites for hydroxylation is 2. The van der Waals surface area contributed by atoms with E-state index in [9.17, 15) is 0 Å². The lowest BCUT2D eigenvalue weighted by atomic mass is 9.97. The van der Waals surface area contributed by atoms with E-state index in [1.807, 2.05) is 86.3 Å². The summed E-state index contributed by atoms with van der Waals surface area (Å²) in [6.45, 7) is 13.6. The number of aromatic nitrogens is 1. The van der Waals surface area contributed by atoms with Crippen LogP contribution in [0.1, 0.15) is 27.7 Å². The lowest BCUT2D eigenvalue weighted by molar-refractivity contribution is -0.660. The Balaban J connectivity index is 1.80. The van der Waals surface area contributed by atoms with Gasteiger partial charge in [-0.15, -0.1) is 0 Å². The number of pyridine rings is 1. The maximum absolute atomic E-state index is 8.49. The molecule has 0 saturated heterocycles. The molecular formula is C30H27N2O+. The Labute approximate surface area is 197 Å². The Morgan fingerprint density at radius 3 is 2.30 bits per heavy atom. The van der Waals surface area contributed by atoms with Crippen LogP contribution in [0.2, 0.25) is 0 Å². The van der Waals surface area contributed by atoms with Crippen LogP contribution in [0.15, 0.2) is 77.3 Å². The van der Waals surface area contributed by atoms with Gasteiger partial charge in [-0.05, 0) is 36.4 Å². The van der Waals surface area contributed by atoms with Gasteiger partial charge in [-0.3, -0.25) is 0 Å². The summed E-state index contributed by atoms with van der Waals surface area (Å²) in [5.41, 5.74) is 7.45. The second kappa shape index (κ2) is 8.22. The highest BCUT2D eigenvalue weighted by atomic mass is 16.3. The van der Waals surface area contributed by atoms with Gasteiger partial charge in [-0.2, -0.15) is 0 Å². The Kier molecular flexibility index (Phi) is 4.65. The molecule has 0 atom stereocenters. The maximum Gasteiger partial charge on any atom is 0.216 e. The number of benzene rings is 3. The van der Waals surface area contributed by atoms with E-state index in [2.05, 4.69) is 23.9 Å². The molecule has 3 aromatic carbocycles. The van der Waals surface area contributed by atoms with Crippen molar-refractivity contribution in [2.45, 2.75) is 27.1 Å². The summed E-state index contributed by atoms with van der Waals surface area (Å²) >= 11 is 0. The Bertz CT molecular complexity index is 1630. The SMILES string of the molecule is [2H]C([2H])(c1ccc(-c2c(C)ccc3c2oc2c(-c4ccccc4)c([N+]#[C-])ccc23)[n+](C)c1)C(C)C. The van der Waals surface area contributed by atoms with Gasteiger partial charge in [0, 0.05) is 30.7 Å². The molecule has 0 bridgehead atoms. The summed E-state index contributed by atoms with van der Waals surface area (Å²) < 4.78 is 25.6. The second-order valence-corrected chi connectivity index (χ2v) is 8.76. The van der Waals surface area contributed by atoms with Crippen molar-refractivity contribution in [2.24, 2.45) is 13.0 Å². The number of nitrogens with zero attached hydrogens (tertiary/aromatic N) is 2. The molecule has 162 valence electrons. The first-order valence-electron chi connectivity index (χ1n) is 12.2. The van der Waals surface area contributed by atoms with E-state index in [-0.39, 0.29) is 5.92 Å². The Morgan fingerprint density at radius 1 is 0.939 bits per heavy atom. The molecule has 0 spiro atoms. The van der Waals surface area contributed by atoms with Crippen LogP contribution < -0.4 is 4.57 Å². The maximum atomic E-state index is 8.49. The van der Waals surface area contributed by atoms with Gasteiger partial charge in [0.15, 0.2) is 11.9 Å². The molecule has 3 nitrogen and oxygen atoms in total. The van der Waals surface area contributed by atoms with Gasteiger partial charge in [-0.25, -0.2) is 9.41 Å². The fourth-order valence-corrected chi connectivity index (χ4v) is 4.57. The zero-order valence-electron chi connectivity index (χ0n) is 21.3. The molecule has 0 saturated carbocycles. The summed E-state index contributed by atoms with van der Waals surface area (Å²) in [6.07, 6.45) is 0.459. The molecule has 0 aliphatic heterocycles. The normalized spacial score (nSPS) is 12.7. The van der Waals surface area contributed by atoms with Crippen molar-refractivity contribution in [3.05, 3.63) is 95.5 Å². The van der Waals surface area contributed by atoms with E-state index >= 15 is 0 Å². The highest BCUT2D eigenvalue weighted by Gasteiger charge is 2.23. The quantitative estimate of drug-likeness (QED) is 0.209. The lowest BCUT2D eigenvalue weighted by Crippen LogP contribution is -2.31. The van der Waals surface area contributed by atoms with Crippen molar-refractivity contribution >= 4 is 27.6 Å². The van der Waals surface area contributed by atoms with E-state index in [0.717, 1.165) is 44.3 Å². The van der Waals surface area contributed by atoms with Crippen molar-refractivity contribution in [1.82, 2.24) is 0 Å². The second-order valence-electron chi connectivity index (χ2n) is 8.76. The number of rotatable bonds is 4. The van der Waals surface area contributed by atoms with Gasteiger partial charge in [0.25, 0.3) is 0 Å². The van der Waals surface area contributed by atoms with Crippen LogP contribution in [0, 0.1) is 19.4 Å². The van der Waals surface area contributed by atoms with Crippen molar-refractivity contribution in [3.8, 4) is 22.4 Å². The number of furan rings is 1. The van der Waals surface area contributed by atoms with E-state index in [1.165, 1.54) is 0 Å². The van der Waals surface area contributed by atoms with Gasteiger partial charge in [0.1, 0.15) is 18.2 Å². The Hall–Kier alpha value is -3.90. The minimum Gasteiger partial charge on any atom is -0.456 e. The minimum absolute atomic E-state index is 0.137. The zero-order chi connectivity index (χ0) is 24.9. The smallest absolute Gasteiger partial charge is 0.216 e. The Morgan fingerprint density at radius 2 is 1.64 bits per heavy atom. The van der Waals surface area contributed by atoms with E-state index < -0.39 is 6.37 Å². The van der Waals surface area contributed by atoms with Crippen molar-refractivity contribution in [3.63, 3.8) is 0 Å². The molecule has 0 unspecified atom stereocenters. The monoisotopic (exact) mass is 433 g/mol. The van der Waals surface area contributed by atoms with Crippen LogP contribution in [0.5, 0.6) is 0 Å². The average molecular weight is 434 g/mol. The van der Waals surface area contributed by atoms with Gasteiger partial charge in [0.2, 0.25) is 5.69 Å². The predicted octanol–water partition coefficient (Wildman–Crippen LogP) is 7.80. The van der Waals surface area contributed by atoms with E-state index in [1.54, 1.807) is 0 Å². The third kappa shape index (κ3) is 3.58. The van der Waals surface area contributed by atoms with Crippen molar-refractivity contribution in [2.75, 3.05) is 0 Å². The number of hydrogen-bond donors (Lipinski definition) is 0. The van der Waals surface area contributed by atoms with Gasteiger partial charge in [-0.1, -0.05) is 68.4 Å². The first-order chi connectivity index (χ1) is 16.7. The van der Waals surface area contributed by atoms with Gasteiger partial charge < -0.3 is 4.42 Å². The summed E-state index contributed by atoms with van der Waals surface area (Å²) in [4.78, 5) is 3.78. The molecule has 5 aromatic rings. The summed E-state index contributed by atoms with van der Waals surface area (Å²) in [7, 11) is 1.95. The third-order valence-electron chi connectivity index (χ3n) is 6.02. The van der Waals surface area contributed by atoms with E-state index in [0.29, 0.717) is 16.8 Å². The molecule has 0 N–H and O–H groups in total. The molecule has 5 rings (SSSR count). The highest BCUT2D eigenvalue weighted by Crippen LogP contribution is 2.44. The molecule has 0 fully saturated rings. The molecule has 0 aliphatic rings. The molecule has 2 aromatic heterocycles. The molecule has 0 radical (unpaired) electrons. The highest BCUT2D eigenvalue weighted by molar-refractivity contribution is 6.15. The minimum atomic E-state index is -1.42. The fraction of sp³-hybridized carbons (Fsp3) is 0.200. The summed E-state index contributed by atoms with van der Waals surface area (Å²) in [5.74, 6) is -0.137. The van der Waals surface area contributed by atoms with Crippen LogP contribution in [0.4, 0.5) is 5.69 Å². The third-order valence-corrected chi connectivity index (χ3v) is 6.02. The van der Waals surface area contributed by atoms with Crippen LogP contribution in [-0.4, -0.2) is 0 Å². The number of hydrogen-bond acceptors (Lipinski definition) is 1. The van der Waals surface area contributed by atoms with Crippen LogP contribution in [-0.2, 0) is 13.4 Å². The number of fused-ring (bicyclic) bond motifs is 3. The van der Waals surface area contributed by atoms with Gasteiger partial charge >= 0.3 is 0 Å². The summed E-state index contributed by atoms with van der Waals surface area (Å²) in [5, 5.41) is 1.97. The molecule has 33 heavy (non-hydrogen) atoms. The summed E-state index contributed by atoms with van der Waals surface area (Å²) in [6, 6.07) is 21.8. The molecule has 0 amide bonds. The van der Waals surface area contributed by atoms with Gasteiger partial charge in [0.05, 0.1) is 12.1 Å². The van der Waals surface area contributed by atoms with Crippen molar-refractivity contribution < 1.29 is 11.7 Å². The van der Waals surface area contributed by atoms with Crippen LogP contribution in [0.25, 0.3) is 49.2 Å². The molecule has 3 heteroatoms. The largest absolute Gasteiger partial charge is 0.456 e. The topological polar surface area (TPSA) is 21.4 Å². The zero-order valence-corrected chi connectivity index (χ0v) is 19.3. The standard InChI is InChI=1S/C30H27N2O/c1-19(2)17-21-12-16-26(32(5)18-21)27-20(3)11-13-23-24-14-15-25(31-4)28(30(24)33-29(23)27)22-9-7-6-8-10-22/h6-16,18-19H,17H2,1-3,5H3/q+1/i17D2. The first-order valence-corrected chi connectivity index (χ1v) is 11.2. The lowest BCUT2D eigenvalue weighted by Gasteiger charge is -2.08. The fourth-order valence-electron chi connectivity index (χ4n) is 4.57.